The third-order valence-corrected chi connectivity index (χ3v) is 1.00. The molecule has 1 aliphatic rings. The van der Waals surface area contributed by atoms with E-state index in [9.17, 15) is 4.79 Å². The summed E-state index contributed by atoms with van der Waals surface area (Å²) < 4.78 is 4.75. The maximum absolute atomic E-state index is 10.6. The highest BCUT2D eigenvalue weighted by Gasteiger charge is 2.03. The summed E-state index contributed by atoms with van der Waals surface area (Å²) in [6, 6.07) is 0. The number of rotatable bonds is 1. The molecule has 0 N–H and O–H groups in total. The normalized spacial score (nSPS) is 17.4. The van der Waals surface area contributed by atoms with E-state index < -0.39 is 0 Å². The molecule has 0 fully saturated rings. The lowest BCUT2D eigenvalue weighted by Gasteiger charge is -2.01. The summed E-state index contributed by atoms with van der Waals surface area (Å²) >= 11 is 0. The van der Waals surface area contributed by atoms with E-state index in [1.54, 1.807) is 6.21 Å². The summed E-state index contributed by atoms with van der Waals surface area (Å²) in [5.74, 6) is 0.528. The molecular weight excluding hydrogens is 118 g/mol. The number of dihydropyridines is 1. The van der Waals surface area contributed by atoms with Crippen molar-refractivity contribution in [2.24, 2.45) is 4.99 Å². The first kappa shape index (κ1) is 6.01. The van der Waals surface area contributed by atoms with Crippen LogP contribution in [-0.4, -0.2) is 25.7 Å². The summed E-state index contributed by atoms with van der Waals surface area (Å²) in [4.78, 5) is 14.3. The van der Waals surface area contributed by atoms with Gasteiger partial charge in [0.05, 0.1) is 13.3 Å². The largest absolute Gasteiger partial charge is 0.495 e. The number of nitrogens with zero attached hydrogens (tertiary/aromatic N) is 1. The number of aliphatic imine (C=N–C) groups is 1. The standard InChI is InChI=1S/C6H7NO2/c1-9-6-2-5(8)3-7-4-6/h2,4H,3H2,1H3. The van der Waals surface area contributed by atoms with E-state index in [2.05, 4.69) is 4.99 Å². The Morgan fingerprint density at radius 2 is 2.56 bits per heavy atom. The first-order chi connectivity index (χ1) is 4.33. The van der Waals surface area contributed by atoms with Crippen LogP contribution in [0.15, 0.2) is 16.8 Å². The molecule has 0 spiro atoms. The molecule has 0 amide bonds. The van der Waals surface area contributed by atoms with E-state index in [0.29, 0.717) is 5.76 Å². The molecule has 0 aromatic heterocycles. The van der Waals surface area contributed by atoms with Crippen molar-refractivity contribution in [3.8, 4) is 0 Å². The average Bonchev–Trinajstić information content (AvgIpc) is 1.88. The molecule has 0 saturated heterocycles. The molecule has 0 aromatic rings. The van der Waals surface area contributed by atoms with Crippen molar-refractivity contribution in [2.45, 2.75) is 0 Å². The molecule has 0 radical (unpaired) electrons. The van der Waals surface area contributed by atoms with Crippen LogP contribution in [0.4, 0.5) is 0 Å². The quantitative estimate of drug-likeness (QED) is 0.501. The molecule has 0 atom stereocenters. The van der Waals surface area contributed by atoms with Crippen LogP contribution in [0, 0.1) is 0 Å². The number of ether oxygens (including phenoxy) is 1. The number of hydrogen-bond donors (Lipinski definition) is 0. The highest BCUT2D eigenvalue weighted by Crippen LogP contribution is 1.96. The van der Waals surface area contributed by atoms with Crippen molar-refractivity contribution in [1.29, 1.82) is 0 Å². The second-order valence-corrected chi connectivity index (χ2v) is 1.69. The van der Waals surface area contributed by atoms with Gasteiger partial charge in [-0.2, -0.15) is 0 Å². The van der Waals surface area contributed by atoms with Gasteiger partial charge >= 0.3 is 0 Å². The molecule has 48 valence electrons. The van der Waals surface area contributed by atoms with Crippen molar-refractivity contribution in [1.82, 2.24) is 0 Å². The van der Waals surface area contributed by atoms with Crippen LogP contribution >= 0.6 is 0 Å². The van der Waals surface area contributed by atoms with Gasteiger partial charge in [-0.15, -0.1) is 0 Å². The van der Waals surface area contributed by atoms with E-state index in [-0.39, 0.29) is 12.3 Å². The van der Waals surface area contributed by atoms with E-state index in [1.807, 2.05) is 0 Å². The number of carbonyl (C=O) groups excluding carboxylic acids is 1. The van der Waals surface area contributed by atoms with E-state index >= 15 is 0 Å². The van der Waals surface area contributed by atoms with Gasteiger partial charge in [0.15, 0.2) is 5.78 Å². The average molecular weight is 125 g/mol. The maximum Gasteiger partial charge on any atom is 0.180 e. The molecule has 1 heterocycles. The molecule has 3 heteroatoms. The van der Waals surface area contributed by atoms with Crippen molar-refractivity contribution in [3.63, 3.8) is 0 Å². The van der Waals surface area contributed by atoms with Gasteiger partial charge in [0, 0.05) is 6.08 Å². The minimum absolute atomic E-state index is 0.00523. The summed E-state index contributed by atoms with van der Waals surface area (Å²) in [5.41, 5.74) is 0. The number of methoxy groups -OCH3 is 1. The maximum atomic E-state index is 10.6. The zero-order valence-electron chi connectivity index (χ0n) is 5.13. The Hall–Kier alpha value is -1.12. The SMILES string of the molecule is COC1=CC(=O)CN=C1. The van der Waals surface area contributed by atoms with Crippen molar-refractivity contribution < 1.29 is 9.53 Å². The Morgan fingerprint density at radius 1 is 1.78 bits per heavy atom. The number of allylic oxidation sites excluding steroid dienone is 1. The molecule has 3 nitrogen and oxygen atoms in total. The molecule has 1 aliphatic heterocycles. The minimum Gasteiger partial charge on any atom is -0.495 e. The van der Waals surface area contributed by atoms with Gasteiger partial charge in [-0.05, 0) is 0 Å². The fourth-order valence-electron chi connectivity index (χ4n) is 0.579. The fraction of sp³-hybridized carbons (Fsp3) is 0.333. The zero-order chi connectivity index (χ0) is 6.69. The lowest BCUT2D eigenvalue weighted by molar-refractivity contribution is -0.113. The molecule has 0 bridgehead atoms. The van der Waals surface area contributed by atoms with Crippen molar-refractivity contribution in [3.05, 3.63) is 11.8 Å². The Morgan fingerprint density at radius 3 is 3.00 bits per heavy atom. The fourth-order valence-corrected chi connectivity index (χ4v) is 0.579. The molecule has 0 unspecified atom stereocenters. The summed E-state index contributed by atoms with van der Waals surface area (Å²) in [6.07, 6.45) is 2.98. The molecule has 0 saturated carbocycles. The highest BCUT2D eigenvalue weighted by atomic mass is 16.5. The van der Waals surface area contributed by atoms with Crippen LogP contribution in [0.3, 0.4) is 0 Å². The van der Waals surface area contributed by atoms with Gasteiger partial charge in [0.25, 0.3) is 0 Å². The van der Waals surface area contributed by atoms with Gasteiger partial charge in [0.1, 0.15) is 12.3 Å². The van der Waals surface area contributed by atoms with Crippen LogP contribution in [-0.2, 0) is 9.53 Å². The Labute approximate surface area is 53.0 Å². The third-order valence-electron chi connectivity index (χ3n) is 1.00. The van der Waals surface area contributed by atoms with E-state index in [1.165, 1.54) is 13.2 Å². The number of hydrogen-bond acceptors (Lipinski definition) is 3. The highest BCUT2D eigenvalue weighted by molar-refractivity contribution is 6.00. The van der Waals surface area contributed by atoms with Crippen LogP contribution < -0.4 is 0 Å². The van der Waals surface area contributed by atoms with Crippen LogP contribution in [0.1, 0.15) is 0 Å². The third kappa shape index (κ3) is 1.38. The van der Waals surface area contributed by atoms with E-state index in [4.69, 9.17) is 4.74 Å². The molecule has 0 aromatic carbocycles. The Bertz CT molecular complexity index is 181. The van der Waals surface area contributed by atoms with Gasteiger partial charge in [-0.3, -0.25) is 9.79 Å². The lowest BCUT2D eigenvalue weighted by Crippen LogP contribution is -2.06. The van der Waals surface area contributed by atoms with E-state index in [0.717, 1.165) is 0 Å². The smallest absolute Gasteiger partial charge is 0.180 e. The van der Waals surface area contributed by atoms with Gasteiger partial charge in [-0.25, -0.2) is 0 Å². The van der Waals surface area contributed by atoms with Gasteiger partial charge < -0.3 is 4.74 Å². The number of ketones is 1. The summed E-state index contributed by atoms with van der Waals surface area (Å²) in [5, 5.41) is 0. The molecular formula is C6H7NO2. The predicted molar refractivity (Wildman–Crippen MR) is 33.5 cm³/mol. The second-order valence-electron chi connectivity index (χ2n) is 1.69. The topological polar surface area (TPSA) is 38.7 Å². The van der Waals surface area contributed by atoms with Crippen LogP contribution in [0.25, 0.3) is 0 Å². The Kier molecular flexibility index (Phi) is 1.63. The summed E-state index contributed by atoms with van der Waals surface area (Å²) in [7, 11) is 1.51. The first-order valence-corrected chi connectivity index (χ1v) is 2.61. The molecule has 9 heavy (non-hydrogen) atoms. The monoisotopic (exact) mass is 125 g/mol. The van der Waals surface area contributed by atoms with Crippen molar-refractivity contribution >= 4 is 12.0 Å². The summed E-state index contributed by atoms with van der Waals surface area (Å²) in [6.45, 7) is 0.257. The number of carbonyl (C=O) groups is 1. The van der Waals surface area contributed by atoms with Gasteiger partial charge in [0.2, 0.25) is 0 Å². The van der Waals surface area contributed by atoms with Crippen molar-refractivity contribution in [2.75, 3.05) is 13.7 Å². The van der Waals surface area contributed by atoms with Crippen LogP contribution in [0.2, 0.25) is 0 Å². The van der Waals surface area contributed by atoms with Gasteiger partial charge in [-0.1, -0.05) is 0 Å². The first-order valence-electron chi connectivity index (χ1n) is 2.61. The lowest BCUT2D eigenvalue weighted by atomic mass is 10.3. The minimum atomic E-state index is -0.00523. The van der Waals surface area contributed by atoms with Crippen LogP contribution in [0.5, 0.6) is 0 Å². The zero-order valence-corrected chi connectivity index (χ0v) is 5.13. The predicted octanol–water partition coefficient (Wildman–Crippen LogP) is 0.170. The second kappa shape index (κ2) is 2.44. The molecule has 0 aliphatic carbocycles. The molecule has 1 rings (SSSR count). The Balaban J connectivity index is 2.70.